The van der Waals surface area contributed by atoms with E-state index in [0.717, 1.165) is 37.8 Å². The van der Waals surface area contributed by atoms with E-state index in [1.807, 2.05) is 30.3 Å². The number of benzene rings is 1. The van der Waals surface area contributed by atoms with Crippen molar-refractivity contribution in [3.8, 4) is 0 Å². The molecule has 0 saturated heterocycles. The molecule has 1 saturated carbocycles. The summed E-state index contributed by atoms with van der Waals surface area (Å²) in [4.78, 5) is 10.5. The van der Waals surface area contributed by atoms with Crippen molar-refractivity contribution in [1.29, 1.82) is 0 Å². The summed E-state index contributed by atoms with van der Waals surface area (Å²) in [6.07, 6.45) is 1.37. The first-order chi connectivity index (χ1) is 9.65. The van der Waals surface area contributed by atoms with Gasteiger partial charge in [0.2, 0.25) is 0 Å². The van der Waals surface area contributed by atoms with Crippen LogP contribution < -0.4 is 5.32 Å². The van der Waals surface area contributed by atoms with Crippen LogP contribution in [0.25, 0.3) is 0 Å². The zero-order chi connectivity index (χ0) is 14.4. The minimum Gasteiger partial charge on any atom is -0.450 e. The first-order valence-electron chi connectivity index (χ1n) is 7.01. The molecule has 20 heavy (non-hydrogen) atoms. The number of nitrogens with one attached hydrogen (secondary N) is 1. The van der Waals surface area contributed by atoms with Crippen LogP contribution in [0.3, 0.4) is 0 Å². The van der Waals surface area contributed by atoms with Gasteiger partial charge in [-0.25, -0.2) is 4.79 Å². The van der Waals surface area contributed by atoms with Gasteiger partial charge in [0.15, 0.2) is 0 Å². The highest BCUT2D eigenvalue weighted by Gasteiger charge is 2.24. The van der Waals surface area contributed by atoms with Crippen LogP contribution in [0.15, 0.2) is 30.3 Å². The number of ether oxygens (including phenoxy) is 1. The number of hydrogen-bond acceptors (Lipinski definition) is 4. The molecule has 2 rings (SSSR count). The fraction of sp³-hybridized carbons (Fsp3) is 0.533. The Bertz CT molecular complexity index is 415. The first-order valence-corrected chi connectivity index (χ1v) is 7.01. The Morgan fingerprint density at radius 3 is 2.50 bits per heavy atom. The van der Waals surface area contributed by atoms with Crippen LogP contribution >= 0.6 is 0 Å². The second-order valence-corrected chi connectivity index (χ2v) is 5.25. The maximum atomic E-state index is 10.5. The van der Waals surface area contributed by atoms with E-state index >= 15 is 0 Å². The molecule has 1 unspecified atom stereocenters. The molecule has 1 aliphatic rings. The van der Waals surface area contributed by atoms with E-state index in [1.54, 1.807) is 0 Å². The summed E-state index contributed by atoms with van der Waals surface area (Å²) in [5, 5.41) is 21.7. The molecule has 5 heteroatoms. The Hall–Kier alpha value is -1.59. The predicted octanol–water partition coefficient (Wildman–Crippen LogP) is 2.52. The Morgan fingerprint density at radius 2 is 1.90 bits per heavy atom. The predicted molar refractivity (Wildman–Crippen MR) is 74.3 cm³/mol. The lowest BCUT2D eigenvalue weighted by atomic mass is 9.87. The highest BCUT2D eigenvalue weighted by molar-refractivity contribution is 5.57. The molecule has 0 radical (unpaired) electrons. The van der Waals surface area contributed by atoms with E-state index in [2.05, 4.69) is 5.32 Å². The highest BCUT2D eigenvalue weighted by atomic mass is 16.7. The molecule has 0 spiro atoms. The van der Waals surface area contributed by atoms with Crippen molar-refractivity contribution in [2.45, 2.75) is 38.0 Å². The molecule has 5 nitrogen and oxygen atoms in total. The Morgan fingerprint density at radius 1 is 1.25 bits per heavy atom. The number of carboxylic acid groups (broad SMARTS) is 1. The van der Waals surface area contributed by atoms with Crippen LogP contribution in [-0.4, -0.2) is 29.0 Å². The molecule has 0 heterocycles. The average Bonchev–Trinajstić information content (AvgIpc) is 2.46. The molecule has 1 aromatic carbocycles. The smallest absolute Gasteiger partial charge is 0.450 e. The number of aliphatic hydroxyl groups excluding tert-OH is 1. The van der Waals surface area contributed by atoms with Crippen LogP contribution in [0.5, 0.6) is 0 Å². The van der Waals surface area contributed by atoms with Gasteiger partial charge < -0.3 is 14.9 Å². The normalized spacial score (nSPS) is 24.1. The van der Waals surface area contributed by atoms with Gasteiger partial charge in [0, 0.05) is 6.54 Å². The Kier molecular flexibility index (Phi) is 5.38. The van der Waals surface area contributed by atoms with Crippen molar-refractivity contribution in [2.75, 3.05) is 6.54 Å². The summed E-state index contributed by atoms with van der Waals surface area (Å²) in [7, 11) is 0. The molecular formula is C15H21NO4. The van der Waals surface area contributed by atoms with Gasteiger partial charge in [0.1, 0.15) is 12.3 Å². The maximum Gasteiger partial charge on any atom is 0.506 e. The van der Waals surface area contributed by atoms with Crippen LogP contribution in [0, 0.1) is 5.92 Å². The fourth-order valence-corrected chi connectivity index (χ4v) is 2.63. The molecule has 3 N–H and O–H groups in total. The quantitative estimate of drug-likeness (QED) is 0.570. The lowest BCUT2D eigenvalue weighted by Gasteiger charge is -2.28. The van der Waals surface area contributed by atoms with Crippen molar-refractivity contribution in [1.82, 2.24) is 5.32 Å². The van der Waals surface area contributed by atoms with Gasteiger partial charge in [-0.1, -0.05) is 30.3 Å². The van der Waals surface area contributed by atoms with E-state index in [9.17, 15) is 9.90 Å². The fourth-order valence-electron chi connectivity index (χ4n) is 2.63. The average molecular weight is 279 g/mol. The molecular weight excluding hydrogens is 258 g/mol. The van der Waals surface area contributed by atoms with Gasteiger partial charge in [0.25, 0.3) is 0 Å². The molecule has 0 aromatic heterocycles. The van der Waals surface area contributed by atoms with Crippen LogP contribution in [0.2, 0.25) is 0 Å². The topological polar surface area (TPSA) is 78.8 Å². The van der Waals surface area contributed by atoms with Crippen molar-refractivity contribution in [3.63, 3.8) is 0 Å². The maximum absolute atomic E-state index is 10.5. The number of rotatable bonds is 5. The molecule has 1 aromatic rings. The third-order valence-corrected chi connectivity index (χ3v) is 3.78. The highest BCUT2D eigenvalue weighted by Crippen LogP contribution is 2.26. The zero-order valence-corrected chi connectivity index (χ0v) is 11.4. The van der Waals surface area contributed by atoms with Gasteiger partial charge >= 0.3 is 6.16 Å². The van der Waals surface area contributed by atoms with Crippen LogP contribution in [0.4, 0.5) is 4.79 Å². The zero-order valence-electron chi connectivity index (χ0n) is 11.4. The third kappa shape index (κ3) is 4.51. The number of hydrogen-bond donors (Lipinski definition) is 3. The largest absolute Gasteiger partial charge is 0.506 e. The monoisotopic (exact) mass is 279 g/mol. The number of carbonyl (C=O) groups is 1. The van der Waals surface area contributed by atoms with E-state index in [4.69, 9.17) is 9.84 Å². The van der Waals surface area contributed by atoms with E-state index in [-0.39, 0.29) is 6.10 Å². The second-order valence-electron chi connectivity index (χ2n) is 5.25. The van der Waals surface area contributed by atoms with Gasteiger partial charge in [-0.15, -0.1) is 0 Å². The summed E-state index contributed by atoms with van der Waals surface area (Å²) >= 11 is 0. The summed E-state index contributed by atoms with van der Waals surface area (Å²) in [5.74, 6) is 0.460. The second kappa shape index (κ2) is 7.26. The molecule has 1 aliphatic carbocycles. The van der Waals surface area contributed by atoms with Gasteiger partial charge in [-0.05, 0) is 37.2 Å². The van der Waals surface area contributed by atoms with Gasteiger partial charge in [-0.3, -0.25) is 5.32 Å². The third-order valence-electron chi connectivity index (χ3n) is 3.78. The molecule has 0 aliphatic heterocycles. The van der Waals surface area contributed by atoms with Crippen LogP contribution in [-0.2, 0) is 4.74 Å². The van der Waals surface area contributed by atoms with Crippen molar-refractivity contribution >= 4 is 6.16 Å². The minimum absolute atomic E-state index is 0.164. The lowest BCUT2D eigenvalue weighted by Crippen LogP contribution is -2.31. The minimum atomic E-state index is -1.19. The van der Waals surface area contributed by atoms with Crippen LogP contribution in [0.1, 0.15) is 37.5 Å². The number of aliphatic hydroxyl groups is 1. The Labute approximate surface area is 118 Å². The molecule has 0 bridgehead atoms. The van der Waals surface area contributed by atoms with Crippen molar-refractivity contribution < 1.29 is 19.7 Å². The molecule has 110 valence electrons. The SMILES string of the molecule is O=C(O)OC1CCC(CNC(O)c2ccccc2)CC1. The van der Waals surface area contributed by atoms with Crippen molar-refractivity contribution in [3.05, 3.63) is 35.9 Å². The summed E-state index contributed by atoms with van der Waals surface area (Å²) in [5.41, 5.74) is 0.857. The lowest BCUT2D eigenvalue weighted by molar-refractivity contribution is 0.0268. The molecule has 1 fully saturated rings. The summed E-state index contributed by atoms with van der Waals surface area (Å²) in [6, 6.07) is 9.48. The van der Waals surface area contributed by atoms with Gasteiger partial charge in [0.05, 0.1) is 0 Å². The van der Waals surface area contributed by atoms with E-state index in [1.165, 1.54) is 0 Å². The summed E-state index contributed by atoms with van der Waals surface area (Å²) < 4.78 is 4.78. The Balaban J connectivity index is 1.70. The standard InChI is InChI=1S/C15H21NO4/c17-14(12-4-2-1-3-5-12)16-10-11-6-8-13(9-7-11)20-15(18)19/h1-5,11,13-14,16-17H,6-10H2,(H,18,19). The van der Waals surface area contributed by atoms with E-state index in [0.29, 0.717) is 5.92 Å². The summed E-state index contributed by atoms with van der Waals surface area (Å²) in [6.45, 7) is 0.732. The van der Waals surface area contributed by atoms with Crippen molar-refractivity contribution in [2.24, 2.45) is 5.92 Å². The molecule has 1 atom stereocenters. The van der Waals surface area contributed by atoms with E-state index < -0.39 is 12.4 Å². The molecule has 0 amide bonds. The van der Waals surface area contributed by atoms with Gasteiger partial charge in [-0.2, -0.15) is 0 Å². The first kappa shape index (κ1) is 14.8.